The van der Waals surface area contributed by atoms with Gasteiger partial charge in [0.15, 0.2) is 0 Å². The first-order valence-electron chi connectivity index (χ1n) is 7.26. The Morgan fingerprint density at radius 2 is 2.11 bits per heavy atom. The predicted octanol–water partition coefficient (Wildman–Crippen LogP) is 2.64. The lowest BCUT2D eigenvalue weighted by Crippen LogP contribution is -2.02. The fourth-order valence-corrected chi connectivity index (χ4v) is 2.45. The molecular formula is C16H23NO2. The Labute approximate surface area is 115 Å². The average molecular weight is 261 g/mol. The van der Waals surface area contributed by atoms with Crippen LogP contribution in [-0.2, 0) is 17.6 Å². The summed E-state index contributed by atoms with van der Waals surface area (Å²) in [5.41, 5.74) is 7.96. The van der Waals surface area contributed by atoms with Crippen LogP contribution in [0.1, 0.15) is 43.2 Å². The fourth-order valence-electron chi connectivity index (χ4n) is 2.45. The van der Waals surface area contributed by atoms with Crippen LogP contribution in [0.2, 0.25) is 0 Å². The van der Waals surface area contributed by atoms with E-state index in [1.54, 1.807) is 0 Å². The first-order chi connectivity index (χ1) is 9.29. The molecule has 19 heavy (non-hydrogen) atoms. The zero-order chi connectivity index (χ0) is 13.5. The van der Waals surface area contributed by atoms with E-state index in [4.69, 9.17) is 10.5 Å². The van der Waals surface area contributed by atoms with Gasteiger partial charge in [0, 0.05) is 19.3 Å². The number of fused-ring (bicyclic) bond motifs is 1. The Morgan fingerprint density at radius 1 is 1.21 bits per heavy atom. The van der Waals surface area contributed by atoms with Crippen LogP contribution >= 0.6 is 0 Å². The summed E-state index contributed by atoms with van der Waals surface area (Å²) in [6, 6.07) is 6.29. The van der Waals surface area contributed by atoms with E-state index in [1.165, 1.54) is 11.1 Å². The standard InChI is InChI=1S/C16H23NO2/c17-10-3-1-2-4-15(18)7-5-13-6-8-16-14(12-13)9-11-19-16/h6,8,12H,1-5,7,9-11,17H2. The third-order valence-electron chi connectivity index (χ3n) is 3.61. The minimum absolute atomic E-state index is 0.369. The average Bonchev–Trinajstić information content (AvgIpc) is 2.89. The Bertz CT molecular complexity index is 429. The first-order valence-corrected chi connectivity index (χ1v) is 7.26. The normalized spacial score (nSPS) is 13.1. The number of ketones is 1. The summed E-state index contributed by atoms with van der Waals surface area (Å²) in [6.45, 7) is 1.52. The van der Waals surface area contributed by atoms with Crippen LogP contribution in [0, 0.1) is 0 Å². The van der Waals surface area contributed by atoms with Crippen molar-refractivity contribution in [3.05, 3.63) is 29.3 Å². The summed E-state index contributed by atoms with van der Waals surface area (Å²) < 4.78 is 5.48. The van der Waals surface area contributed by atoms with Gasteiger partial charge in [0.2, 0.25) is 0 Å². The minimum Gasteiger partial charge on any atom is -0.493 e. The largest absolute Gasteiger partial charge is 0.493 e. The Morgan fingerprint density at radius 3 is 2.95 bits per heavy atom. The highest BCUT2D eigenvalue weighted by Gasteiger charge is 2.12. The Kier molecular flexibility index (Phi) is 5.40. The molecule has 0 saturated carbocycles. The molecule has 3 nitrogen and oxygen atoms in total. The van der Waals surface area contributed by atoms with Crippen LogP contribution in [0.15, 0.2) is 18.2 Å². The second-order valence-corrected chi connectivity index (χ2v) is 5.18. The molecule has 1 aliphatic heterocycles. The lowest BCUT2D eigenvalue weighted by atomic mass is 10.0. The third-order valence-corrected chi connectivity index (χ3v) is 3.61. The minimum atomic E-state index is 0.369. The van der Waals surface area contributed by atoms with Crippen molar-refractivity contribution in [1.82, 2.24) is 0 Å². The number of benzene rings is 1. The number of hydrogen-bond acceptors (Lipinski definition) is 3. The summed E-state index contributed by atoms with van der Waals surface area (Å²) in [5.74, 6) is 1.38. The molecule has 1 aromatic rings. The molecule has 0 radical (unpaired) electrons. The van der Waals surface area contributed by atoms with Crippen molar-refractivity contribution in [2.24, 2.45) is 5.73 Å². The lowest BCUT2D eigenvalue weighted by molar-refractivity contribution is -0.119. The van der Waals surface area contributed by atoms with E-state index in [-0.39, 0.29) is 0 Å². The van der Waals surface area contributed by atoms with Crippen LogP contribution in [0.5, 0.6) is 5.75 Å². The van der Waals surface area contributed by atoms with E-state index in [1.807, 2.05) is 6.07 Å². The van der Waals surface area contributed by atoms with Gasteiger partial charge >= 0.3 is 0 Å². The van der Waals surface area contributed by atoms with Crippen LogP contribution in [0.4, 0.5) is 0 Å². The zero-order valence-corrected chi connectivity index (χ0v) is 11.5. The van der Waals surface area contributed by atoms with E-state index in [0.717, 1.165) is 51.0 Å². The number of carbonyl (C=O) groups is 1. The topological polar surface area (TPSA) is 52.3 Å². The number of aryl methyl sites for hydroxylation is 1. The number of rotatable bonds is 8. The van der Waals surface area contributed by atoms with Crippen molar-refractivity contribution >= 4 is 5.78 Å². The van der Waals surface area contributed by atoms with Crippen molar-refractivity contribution < 1.29 is 9.53 Å². The van der Waals surface area contributed by atoms with Gasteiger partial charge in [0.1, 0.15) is 11.5 Å². The molecule has 0 saturated heterocycles. The summed E-state index contributed by atoms with van der Waals surface area (Å²) in [6.07, 6.45) is 6.28. The fraction of sp³-hybridized carbons (Fsp3) is 0.562. The molecule has 104 valence electrons. The number of nitrogens with two attached hydrogens (primary N) is 1. The van der Waals surface area contributed by atoms with Gasteiger partial charge in [-0.3, -0.25) is 4.79 Å². The summed E-state index contributed by atoms with van der Waals surface area (Å²) in [7, 11) is 0. The van der Waals surface area contributed by atoms with E-state index >= 15 is 0 Å². The summed E-state index contributed by atoms with van der Waals surface area (Å²) >= 11 is 0. The molecule has 0 aliphatic carbocycles. The molecule has 0 unspecified atom stereocenters. The van der Waals surface area contributed by atoms with E-state index in [0.29, 0.717) is 18.6 Å². The number of ether oxygens (including phenoxy) is 1. The monoisotopic (exact) mass is 261 g/mol. The van der Waals surface area contributed by atoms with Gasteiger partial charge in [-0.25, -0.2) is 0 Å². The SMILES string of the molecule is NCCCCCC(=O)CCc1ccc2c(c1)CCO2. The molecule has 1 heterocycles. The van der Waals surface area contributed by atoms with Gasteiger partial charge < -0.3 is 10.5 Å². The molecule has 0 amide bonds. The maximum Gasteiger partial charge on any atom is 0.133 e. The highest BCUT2D eigenvalue weighted by Crippen LogP contribution is 2.26. The van der Waals surface area contributed by atoms with Crippen molar-refractivity contribution in [2.45, 2.75) is 44.9 Å². The zero-order valence-electron chi connectivity index (χ0n) is 11.5. The Balaban J connectivity index is 1.71. The third kappa shape index (κ3) is 4.35. The van der Waals surface area contributed by atoms with Gasteiger partial charge in [0.05, 0.1) is 6.61 Å². The summed E-state index contributed by atoms with van der Waals surface area (Å²) in [4.78, 5) is 11.8. The number of unbranched alkanes of at least 4 members (excludes halogenated alkanes) is 2. The smallest absolute Gasteiger partial charge is 0.133 e. The lowest BCUT2D eigenvalue weighted by Gasteiger charge is -2.04. The molecule has 2 rings (SSSR count). The van der Waals surface area contributed by atoms with Crippen molar-refractivity contribution in [3.8, 4) is 5.75 Å². The second-order valence-electron chi connectivity index (χ2n) is 5.18. The van der Waals surface area contributed by atoms with Crippen LogP contribution < -0.4 is 10.5 Å². The van der Waals surface area contributed by atoms with E-state index in [9.17, 15) is 4.79 Å². The number of hydrogen-bond donors (Lipinski definition) is 1. The highest BCUT2D eigenvalue weighted by molar-refractivity contribution is 5.78. The van der Waals surface area contributed by atoms with E-state index < -0.39 is 0 Å². The predicted molar refractivity (Wildman–Crippen MR) is 76.5 cm³/mol. The van der Waals surface area contributed by atoms with Crippen molar-refractivity contribution in [2.75, 3.05) is 13.2 Å². The van der Waals surface area contributed by atoms with Crippen molar-refractivity contribution in [1.29, 1.82) is 0 Å². The van der Waals surface area contributed by atoms with Gasteiger partial charge in [-0.15, -0.1) is 0 Å². The molecule has 1 aromatic carbocycles. The van der Waals surface area contributed by atoms with Crippen molar-refractivity contribution in [3.63, 3.8) is 0 Å². The molecule has 0 spiro atoms. The molecule has 3 heteroatoms. The van der Waals surface area contributed by atoms with Gasteiger partial charge in [-0.1, -0.05) is 18.6 Å². The number of Topliss-reactive ketones (excluding diaryl/α,β-unsaturated/α-hetero) is 1. The van der Waals surface area contributed by atoms with E-state index in [2.05, 4.69) is 12.1 Å². The maximum atomic E-state index is 11.8. The molecule has 1 aliphatic rings. The highest BCUT2D eigenvalue weighted by atomic mass is 16.5. The molecule has 0 aromatic heterocycles. The maximum absolute atomic E-state index is 11.8. The molecule has 0 fully saturated rings. The second kappa shape index (κ2) is 7.29. The van der Waals surface area contributed by atoms with Gasteiger partial charge in [0.25, 0.3) is 0 Å². The summed E-state index contributed by atoms with van der Waals surface area (Å²) in [5, 5.41) is 0. The molecule has 2 N–H and O–H groups in total. The quantitative estimate of drug-likeness (QED) is 0.732. The molecule has 0 bridgehead atoms. The van der Waals surface area contributed by atoms with Gasteiger partial charge in [-0.05, 0) is 43.0 Å². The van der Waals surface area contributed by atoms with Gasteiger partial charge in [-0.2, -0.15) is 0 Å². The number of carbonyl (C=O) groups excluding carboxylic acids is 1. The first kappa shape index (κ1) is 14.1. The Hall–Kier alpha value is -1.35. The van der Waals surface area contributed by atoms with Crippen LogP contribution in [0.3, 0.4) is 0 Å². The molecule has 0 atom stereocenters. The molecular weight excluding hydrogens is 238 g/mol. The van der Waals surface area contributed by atoms with Crippen LogP contribution in [0.25, 0.3) is 0 Å². The van der Waals surface area contributed by atoms with Crippen LogP contribution in [-0.4, -0.2) is 18.9 Å².